The highest BCUT2D eigenvalue weighted by atomic mass is 16.5. The Morgan fingerprint density at radius 3 is 1.76 bits per heavy atom. The zero-order chi connectivity index (χ0) is 35.6. The van der Waals surface area contributed by atoms with Crippen molar-refractivity contribution in [1.29, 1.82) is 0 Å². The lowest BCUT2D eigenvalue weighted by Gasteiger charge is -2.40. The van der Waals surface area contributed by atoms with Crippen molar-refractivity contribution in [2.75, 3.05) is 0 Å². The third kappa shape index (κ3) is 4.49. The molecule has 54 heavy (non-hydrogen) atoms. The van der Waals surface area contributed by atoms with Gasteiger partial charge in [0.1, 0.15) is 11.5 Å². The number of hydrogen-bond donors (Lipinski definition) is 0. The van der Waals surface area contributed by atoms with Gasteiger partial charge in [-0.15, -0.1) is 0 Å². The van der Waals surface area contributed by atoms with Crippen molar-refractivity contribution in [3.63, 3.8) is 0 Å². The number of nitrogens with zero attached hydrogens (tertiary/aromatic N) is 2. The maximum atomic E-state index is 6.99. The Balaban J connectivity index is 1.11. The molecule has 11 rings (SSSR count). The van der Waals surface area contributed by atoms with Crippen LogP contribution in [0.15, 0.2) is 194 Å². The quantitative estimate of drug-likeness (QED) is 0.185. The van der Waals surface area contributed by atoms with Gasteiger partial charge in [-0.1, -0.05) is 176 Å². The van der Waals surface area contributed by atoms with Crippen LogP contribution in [0.2, 0.25) is 0 Å². The average molecular weight is 689 g/mol. The van der Waals surface area contributed by atoms with Gasteiger partial charge in [-0.2, -0.15) is 0 Å². The summed E-state index contributed by atoms with van der Waals surface area (Å²) in [7, 11) is 0. The van der Waals surface area contributed by atoms with Crippen molar-refractivity contribution in [3.05, 3.63) is 216 Å². The largest absolute Gasteiger partial charge is 0.456 e. The van der Waals surface area contributed by atoms with Gasteiger partial charge in [0.15, 0.2) is 5.82 Å². The minimum absolute atomic E-state index is 0.518. The zero-order valence-electron chi connectivity index (χ0n) is 29.3. The molecule has 1 aliphatic heterocycles. The molecular weight excluding hydrogens is 657 g/mol. The molecule has 0 saturated carbocycles. The van der Waals surface area contributed by atoms with E-state index in [2.05, 4.69) is 176 Å². The monoisotopic (exact) mass is 688 g/mol. The molecule has 0 radical (unpaired) electrons. The van der Waals surface area contributed by atoms with E-state index in [1.807, 2.05) is 18.2 Å². The Kier molecular flexibility index (Phi) is 6.77. The van der Waals surface area contributed by atoms with E-state index in [1.54, 1.807) is 0 Å². The fourth-order valence-electron chi connectivity index (χ4n) is 8.85. The lowest BCUT2D eigenvalue weighted by Crippen LogP contribution is -2.32. The molecule has 2 aliphatic rings. The Morgan fingerprint density at radius 2 is 0.926 bits per heavy atom. The summed E-state index contributed by atoms with van der Waals surface area (Å²) in [6.45, 7) is 0. The standard InChI is InChI=1S/C51H32N2O/c1-2-16-34(17-3-1)50-52-46(32-47(53-50)41-25-13-18-33-15-4-5-21-37(33)41)36-20-12-19-35(31-36)38-24-14-29-45-49(38)54-48-30-11-10-28-44(48)51(45)42-26-8-6-22-39(42)40-23-7-9-27-43(40)51/h1-32H. The summed E-state index contributed by atoms with van der Waals surface area (Å²) in [6, 6.07) is 68.8. The second kappa shape index (κ2) is 12.0. The summed E-state index contributed by atoms with van der Waals surface area (Å²) in [5.41, 5.74) is 13.8. The van der Waals surface area contributed by atoms with E-state index in [1.165, 1.54) is 27.6 Å². The Hall–Kier alpha value is -7.10. The van der Waals surface area contributed by atoms with Gasteiger partial charge in [0.2, 0.25) is 0 Å². The van der Waals surface area contributed by atoms with Crippen LogP contribution < -0.4 is 4.74 Å². The van der Waals surface area contributed by atoms with Gasteiger partial charge in [0.05, 0.1) is 16.8 Å². The highest BCUT2D eigenvalue weighted by Crippen LogP contribution is 2.63. The molecule has 0 fully saturated rings. The molecule has 0 amide bonds. The van der Waals surface area contributed by atoms with Gasteiger partial charge in [-0.3, -0.25) is 0 Å². The molecule has 252 valence electrons. The summed E-state index contributed by atoms with van der Waals surface area (Å²) < 4.78 is 6.99. The van der Waals surface area contributed by atoms with E-state index in [0.717, 1.165) is 67.2 Å². The number of hydrogen-bond acceptors (Lipinski definition) is 3. The van der Waals surface area contributed by atoms with Gasteiger partial charge < -0.3 is 4.74 Å². The number of fused-ring (bicyclic) bond motifs is 10. The van der Waals surface area contributed by atoms with Crippen LogP contribution in [0.1, 0.15) is 22.3 Å². The minimum Gasteiger partial charge on any atom is -0.456 e. The molecule has 0 saturated heterocycles. The molecule has 0 N–H and O–H groups in total. The van der Waals surface area contributed by atoms with E-state index in [0.29, 0.717) is 5.82 Å². The summed E-state index contributed by atoms with van der Waals surface area (Å²) in [4.78, 5) is 10.4. The first-order valence-electron chi connectivity index (χ1n) is 18.4. The van der Waals surface area contributed by atoms with Crippen LogP contribution in [0, 0.1) is 0 Å². The first-order valence-corrected chi connectivity index (χ1v) is 18.4. The van der Waals surface area contributed by atoms with Crippen molar-refractivity contribution in [1.82, 2.24) is 9.97 Å². The maximum Gasteiger partial charge on any atom is 0.160 e. The summed E-state index contributed by atoms with van der Waals surface area (Å²) in [6.07, 6.45) is 0. The number of para-hydroxylation sites is 2. The van der Waals surface area contributed by atoms with Crippen LogP contribution in [0.3, 0.4) is 0 Å². The third-order valence-electron chi connectivity index (χ3n) is 11.2. The minimum atomic E-state index is -0.518. The molecule has 1 spiro atoms. The predicted octanol–water partition coefficient (Wildman–Crippen LogP) is 12.8. The molecule has 0 unspecified atom stereocenters. The SMILES string of the molecule is c1ccc(-c2nc(-c3cccc(-c4cccc5c4Oc4ccccc4C54c5ccccc5-c5ccccc54)c3)cc(-c3cccc4ccccc34)n2)cc1. The summed E-state index contributed by atoms with van der Waals surface area (Å²) >= 11 is 0. The highest BCUT2D eigenvalue weighted by molar-refractivity contribution is 5.97. The van der Waals surface area contributed by atoms with Crippen LogP contribution in [-0.4, -0.2) is 9.97 Å². The van der Waals surface area contributed by atoms with Crippen LogP contribution in [-0.2, 0) is 5.41 Å². The predicted molar refractivity (Wildman–Crippen MR) is 219 cm³/mol. The van der Waals surface area contributed by atoms with Gasteiger partial charge in [0, 0.05) is 33.4 Å². The Morgan fingerprint density at radius 1 is 0.370 bits per heavy atom. The normalized spacial score (nSPS) is 13.1. The molecule has 0 bridgehead atoms. The first kappa shape index (κ1) is 30.5. The number of rotatable bonds is 4. The second-order valence-corrected chi connectivity index (χ2v) is 14.1. The van der Waals surface area contributed by atoms with E-state index in [-0.39, 0.29) is 0 Å². The molecule has 3 nitrogen and oxygen atoms in total. The molecule has 8 aromatic carbocycles. The van der Waals surface area contributed by atoms with Gasteiger partial charge in [-0.25, -0.2) is 9.97 Å². The van der Waals surface area contributed by atoms with Crippen molar-refractivity contribution >= 4 is 10.8 Å². The van der Waals surface area contributed by atoms with Crippen LogP contribution in [0.25, 0.3) is 66.9 Å². The molecule has 2 heterocycles. The van der Waals surface area contributed by atoms with Crippen LogP contribution >= 0.6 is 0 Å². The maximum absolute atomic E-state index is 6.99. The molecular formula is C51H32N2O. The molecule has 9 aromatic rings. The first-order chi connectivity index (χ1) is 26.8. The molecule has 1 aromatic heterocycles. The van der Waals surface area contributed by atoms with E-state index in [9.17, 15) is 0 Å². The van der Waals surface area contributed by atoms with Crippen LogP contribution in [0.4, 0.5) is 0 Å². The van der Waals surface area contributed by atoms with Gasteiger partial charge in [0.25, 0.3) is 0 Å². The Labute approximate surface area is 313 Å². The van der Waals surface area contributed by atoms with Crippen molar-refractivity contribution < 1.29 is 4.74 Å². The molecule has 1 aliphatic carbocycles. The lowest BCUT2D eigenvalue weighted by atomic mass is 9.65. The fourth-order valence-corrected chi connectivity index (χ4v) is 8.85. The van der Waals surface area contributed by atoms with E-state index in [4.69, 9.17) is 14.7 Å². The third-order valence-corrected chi connectivity index (χ3v) is 11.2. The zero-order valence-corrected chi connectivity index (χ0v) is 29.3. The smallest absolute Gasteiger partial charge is 0.160 e. The van der Waals surface area contributed by atoms with E-state index < -0.39 is 5.41 Å². The van der Waals surface area contributed by atoms with Crippen molar-refractivity contribution in [2.45, 2.75) is 5.41 Å². The highest BCUT2D eigenvalue weighted by Gasteiger charge is 2.51. The fraction of sp³-hybridized carbons (Fsp3) is 0.0196. The number of ether oxygens (including phenoxy) is 1. The van der Waals surface area contributed by atoms with Crippen molar-refractivity contribution in [3.8, 4) is 67.7 Å². The number of benzene rings is 8. The number of aromatic nitrogens is 2. The van der Waals surface area contributed by atoms with Gasteiger partial charge >= 0.3 is 0 Å². The summed E-state index contributed by atoms with van der Waals surface area (Å²) in [5, 5.41) is 2.34. The molecule has 0 atom stereocenters. The average Bonchev–Trinajstić information content (AvgIpc) is 3.54. The second-order valence-electron chi connectivity index (χ2n) is 14.1. The van der Waals surface area contributed by atoms with Crippen molar-refractivity contribution in [2.24, 2.45) is 0 Å². The summed E-state index contributed by atoms with van der Waals surface area (Å²) in [5.74, 6) is 2.45. The van der Waals surface area contributed by atoms with Gasteiger partial charge in [-0.05, 0) is 56.8 Å². The Bertz CT molecular complexity index is 2880. The topological polar surface area (TPSA) is 35.0 Å². The van der Waals surface area contributed by atoms with E-state index >= 15 is 0 Å². The lowest BCUT2D eigenvalue weighted by molar-refractivity contribution is 0.438. The van der Waals surface area contributed by atoms with Crippen LogP contribution in [0.5, 0.6) is 11.5 Å². The molecule has 3 heteroatoms.